The van der Waals surface area contributed by atoms with Gasteiger partial charge in [0.2, 0.25) is 10.0 Å². The van der Waals surface area contributed by atoms with Crippen molar-refractivity contribution in [1.29, 1.82) is 0 Å². The van der Waals surface area contributed by atoms with E-state index in [0.717, 1.165) is 24.3 Å². The van der Waals surface area contributed by atoms with Crippen LogP contribution in [0.25, 0.3) is 0 Å². The number of likely N-dealkylation sites (tertiary alicyclic amines) is 1. The predicted molar refractivity (Wildman–Crippen MR) is 71.9 cm³/mol. The third-order valence-electron chi connectivity index (χ3n) is 2.94. The fraction of sp³-hybridized carbons (Fsp3) is 0.545. The third kappa shape index (κ3) is 3.75. The lowest BCUT2D eigenvalue weighted by molar-refractivity contribution is -0.136. The molecule has 1 saturated heterocycles. The van der Waals surface area contributed by atoms with Gasteiger partial charge in [-0.15, -0.1) is 11.3 Å². The van der Waals surface area contributed by atoms with E-state index in [-0.39, 0.29) is 16.7 Å². The smallest absolute Gasteiger partial charge is 0.308 e. The second-order valence-electron chi connectivity index (χ2n) is 4.66. The van der Waals surface area contributed by atoms with Crippen LogP contribution in [-0.4, -0.2) is 50.6 Å². The Morgan fingerprint density at radius 1 is 1.58 bits per heavy atom. The molecule has 0 saturated carbocycles. The van der Waals surface area contributed by atoms with E-state index >= 15 is 0 Å². The third-order valence-corrected chi connectivity index (χ3v) is 6.04. The lowest BCUT2D eigenvalue weighted by Gasteiger charge is -2.12. The van der Waals surface area contributed by atoms with Crippen LogP contribution in [0.4, 0.5) is 0 Å². The van der Waals surface area contributed by atoms with Crippen LogP contribution in [0.2, 0.25) is 0 Å². The van der Waals surface area contributed by atoms with Crippen molar-refractivity contribution in [3.63, 3.8) is 0 Å². The van der Waals surface area contributed by atoms with Crippen molar-refractivity contribution in [2.75, 3.05) is 20.1 Å². The fourth-order valence-electron chi connectivity index (χ4n) is 2.06. The number of hydrogen-bond donors (Lipinski definition) is 2. The largest absolute Gasteiger partial charge is 0.481 e. The van der Waals surface area contributed by atoms with E-state index in [1.54, 1.807) is 6.07 Å². The zero-order valence-corrected chi connectivity index (χ0v) is 12.1. The lowest BCUT2D eigenvalue weighted by Crippen LogP contribution is -2.36. The van der Waals surface area contributed by atoms with Crippen molar-refractivity contribution in [3.05, 3.63) is 17.0 Å². The van der Waals surface area contributed by atoms with Gasteiger partial charge in [0.1, 0.15) is 4.21 Å². The molecule has 1 aromatic heterocycles. The molecule has 1 atom stereocenters. The maximum absolute atomic E-state index is 12.1. The average Bonchev–Trinajstić information content (AvgIpc) is 2.87. The summed E-state index contributed by atoms with van der Waals surface area (Å²) in [6.45, 7) is 1.58. The van der Waals surface area contributed by atoms with E-state index in [0.29, 0.717) is 11.4 Å². The van der Waals surface area contributed by atoms with Gasteiger partial charge < -0.3 is 10.0 Å². The molecule has 8 heteroatoms. The first-order valence-electron chi connectivity index (χ1n) is 5.88. The minimum Gasteiger partial charge on any atom is -0.481 e. The molecule has 2 heterocycles. The van der Waals surface area contributed by atoms with Gasteiger partial charge in [0.05, 0.1) is 6.42 Å². The van der Waals surface area contributed by atoms with Gasteiger partial charge in [-0.3, -0.25) is 4.79 Å². The molecule has 1 aromatic rings. The maximum atomic E-state index is 12.1. The summed E-state index contributed by atoms with van der Waals surface area (Å²) in [6, 6.07) is 2.94. The maximum Gasteiger partial charge on any atom is 0.308 e. The van der Waals surface area contributed by atoms with Gasteiger partial charge in [-0.25, -0.2) is 13.1 Å². The second-order valence-corrected chi connectivity index (χ2v) is 7.77. The molecule has 0 aromatic carbocycles. The van der Waals surface area contributed by atoms with Gasteiger partial charge in [0, 0.05) is 17.5 Å². The molecular formula is C11H16N2O4S2. The zero-order chi connectivity index (χ0) is 14.0. The van der Waals surface area contributed by atoms with Gasteiger partial charge in [-0.05, 0) is 32.1 Å². The molecule has 2 rings (SSSR count). The Morgan fingerprint density at radius 3 is 2.89 bits per heavy atom. The molecule has 106 valence electrons. The number of likely N-dealkylation sites (N-methyl/N-ethyl adjacent to an activating group) is 1. The van der Waals surface area contributed by atoms with Crippen LogP contribution < -0.4 is 4.72 Å². The number of hydrogen-bond acceptors (Lipinski definition) is 5. The molecule has 0 spiro atoms. The summed E-state index contributed by atoms with van der Waals surface area (Å²) in [5.74, 6) is -0.962. The van der Waals surface area contributed by atoms with E-state index in [1.165, 1.54) is 6.07 Å². The standard InChI is InChI=1S/C11H16N2O4S2/c1-13-5-4-8(7-13)12-19(16,17)11-3-2-9(18-11)6-10(14)15/h2-3,8,12H,4-7H2,1H3,(H,14,15). The second kappa shape index (κ2) is 5.58. The number of sulfonamides is 1. The Bertz CT molecular complexity index is 567. The lowest BCUT2D eigenvalue weighted by atomic mass is 10.3. The van der Waals surface area contributed by atoms with Crippen LogP contribution in [-0.2, 0) is 21.2 Å². The van der Waals surface area contributed by atoms with Crippen LogP contribution in [0.5, 0.6) is 0 Å². The number of nitrogens with one attached hydrogen (secondary N) is 1. The number of rotatable bonds is 5. The molecular weight excluding hydrogens is 288 g/mol. The Kier molecular flexibility index (Phi) is 4.24. The summed E-state index contributed by atoms with van der Waals surface area (Å²) >= 11 is 1.01. The van der Waals surface area contributed by atoms with Crippen molar-refractivity contribution in [2.45, 2.75) is 23.1 Å². The van der Waals surface area contributed by atoms with E-state index in [2.05, 4.69) is 9.62 Å². The normalized spacial score (nSPS) is 20.8. The monoisotopic (exact) mass is 304 g/mol. The average molecular weight is 304 g/mol. The summed E-state index contributed by atoms with van der Waals surface area (Å²) in [7, 11) is -1.58. The Balaban J connectivity index is 2.06. The highest BCUT2D eigenvalue weighted by molar-refractivity contribution is 7.91. The van der Waals surface area contributed by atoms with Crippen LogP contribution in [0.3, 0.4) is 0 Å². The molecule has 0 aliphatic carbocycles. The number of carbonyl (C=O) groups is 1. The molecule has 2 N–H and O–H groups in total. The zero-order valence-electron chi connectivity index (χ0n) is 10.5. The predicted octanol–water partition coefficient (Wildman–Crippen LogP) is 0.358. The first kappa shape index (κ1) is 14.4. The summed E-state index contributed by atoms with van der Waals surface area (Å²) in [6.07, 6.45) is 0.648. The molecule has 1 aliphatic heterocycles. The summed E-state index contributed by atoms with van der Waals surface area (Å²) in [5, 5.41) is 8.67. The molecule has 1 unspecified atom stereocenters. The molecule has 0 amide bonds. The van der Waals surface area contributed by atoms with Crippen molar-refractivity contribution in [3.8, 4) is 0 Å². The molecule has 1 aliphatic rings. The first-order chi connectivity index (χ1) is 8.87. The number of carboxylic acid groups (broad SMARTS) is 1. The highest BCUT2D eigenvalue weighted by atomic mass is 32.2. The van der Waals surface area contributed by atoms with E-state index in [9.17, 15) is 13.2 Å². The number of nitrogens with zero attached hydrogens (tertiary/aromatic N) is 1. The van der Waals surface area contributed by atoms with Crippen molar-refractivity contribution >= 4 is 27.3 Å². The fourth-order valence-corrected chi connectivity index (χ4v) is 4.68. The SMILES string of the molecule is CN1CCC(NS(=O)(=O)c2ccc(CC(=O)O)s2)C1. The molecule has 19 heavy (non-hydrogen) atoms. The van der Waals surface area contributed by atoms with Gasteiger partial charge in [0.15, 0.2) is 0 Å². The van der Waals surface area contributed by atoms with E-state index < -0.39 is 16.0 Å². The van der Waals surface area contributed by atoms with Gasteiger partial charge in [-0.1, -0.05) is 0 Å². The summed E-state index contributed by atoms with van der Waals surface area (Å²) < 4.78 is 27.1. The van der Waals surface area contributed by atoms with Gasteiger partial charge in [0.25, 0.3) is 0 Å². The number of aliphatic carboxylic acids is 1. The van der Waals surface area contributed by atoms with Crippen molar-refractivity contribution in [2.24, 2.45) is 0 Å². The molecule has 1 fully saturated rings. The topological polar surface area (TPSA) is 86.7 Å². The van der Waals surface area contributed by atoms with Crippen molar-refractivity contribution in [1.82, 2.24) is 9.62 Å². The van der Waals surface area contributed by atoms with Crippen LogP contribution in [0.1, 0.15) is 11.3 Å². The quantitative estimate of drug-likeness (QED) is 0.820. The molecule has 0 radical (unpaired) electrons. The first-order valence-corrected chi connectivity index (χ1v) is 8.18. The number of thiophene rings is 1. The van der Waals surface area contributed by atoms with Crippen molar-refractivity contribution < 1.29 is 18.3 Å². The van der Waals surface area contributed by atoms with Crippen LogP contribution in [0, 0.1) is 0 Å². The summed E-state index contributed by atoms with van der Waals surface area (Å²) in [4.78, 5) is 13.2. The highest BCUT2D eigenvalue weighted by Gasteiger charge is 2.26. The van der Waals surface area contributed by atoms with Crippen LogP contribution in [0.15, 0.2) is 16.3 Å². The Labute approximate surface area is 116 Å². The van der Waals surface area contributed by atoms with E-state index in [1.807, 2.05) is 7.05 Å². The van der Waals surface area contributed by atoms with Gasteiger partial charge >= 0.3 is 5.97 Å². The number of carboxylic acids is 1. The molecule has 6 nitrogen and oxygen atoms in total. The summed E-state index contributed by atoms with van der Waals surface area (Å²) in [5.41, 5.74) is 0. The minimum absolute atomic E-state index is 0.0694. The van der Waals surface area contributed by atoms with Gasteiger partial charge in [-0.2, -0.15) is 0 Å². The minimum atomic E-state index is -3.53. The van der Waals surface area contributed by atoms with E-state index in [4.69, 9.17) is 5.11 Å². The highest BCUT2D eigenvalue weighted by Crippen LogP contribution is 2.23. The molecule has 0 bridgehead atoms. The Hall–Kier alpha value is -0.960. The Morgan fingerprint density at radius 2 is 2.32 bits per heavy atom. The van der Waals surface area contributed by atoms with Crippen LogP contribution >= 0.6 is 11.3 Å².